The van der Waals surface area contributed by atoms with Gasteiger partial charge in [-0.25, -0.2) is 4.52 Å². The second-order valence-corrected chi connectivity index (χ2v) is 3.68. The van der Waals surface area contributed by atoms with Gasteiger partial charge in [0.25, 0.3) is 0 Å². The van der Waals surface area contributed by atoms with Gasteiger partial charge in [0.1, 0.15) is 0 Å². The third-order valence-corrected chi connectivity index (χ3v) is 2.55. The molecule has 2 rings (SSSR count). The zero-order valence-corrected chi connectivity index (χ0v) is 8.39. The molecule has 0 bridgehead atoms. The topological polar surface area (TPSA) is 37.5 Å². The predicted octanol–water partition coefficient (Wildman–Crippen LogP) is 1.43. The number of aromatic nitrogens is 2. The van der Waals surface area contributed by atoms with Crippen LogP contribution in [0.5, 0.6) is 0 Å². The normalized spacial score (nSPS) is 10.8. The van der Waals surface area contributed by atoms with Crippen LogP contribution in [-0.2, 0) is 6.61 Å². The second kappa shape index (κ2) is 3.02. The van der Waals surface area contributed by atoms with Crippen molar-refractivity contribution < 1.29 is 5.11 Å². The van der Waals surface area contributed by atoms with Crippen LogP contribution in [0.4, 0.5) is 0 Å². The van der Waals surface area contributed by atoms with Gasteiger partial charge >= 0.3 is 0 Å². The molecule has 0 aliphatic rings. The van der Waals surface area contributed by atoms with E-state index in [4.69, 9.17) is 5.11 Å². The summed E-state index contributed by atoms with van der Waals surface area (Å²) in [6.07, 6.45) is 3.65. The van der Waals surface area contributed by atoms with Gasteiger partial charge in [0.05, 0.1) is 21.9 Å². The number of pyridine rings is 1. The molecule has 2 aromatic rings. The monoisotopic (exact) mass is 274 g/mol. The van der Waals surface area contributed by atoms with Crippen LogP contribution in [0.2, 0.25) is 0 Å². The molecular weight excluding hydrogens is 267 g/mol. The van der Waals surface area contributed by atoms with E-state index < -0.39 is 0 Å². The predicted molar refractivity (Wildman–Crippen MR) is 53.8 cm³/mol. The van der Waals surface area contributed by atoms with Crippen molar-refractivity contribution in [2.45, 2.75) is 6.61 Å². The average molecular weight is 274 g/mol. The Bertz CT molecular complexity index is 410. The van der Waals surface area contributed by atoms with Crippen LogP contribution in [0.25, 0.3) is 5.52 Å². The van der Waals surface area contributed by atoms with Gasteiger partial charge in [-0.1, -0.05) is 0 Å². The van der Waals surface area contributed by atoms with E-state index in [1.54, 1.807) is 10.7 Å². The Labute approximate surface area is 83.2 Å². The number of halogens is 1. The molecule has 12 heavy (non-hydrogen) atoms. The number of rotatable bonds is 1. The maximum atomic E-state index is 8.89. The molecule has 62 valence electrons. The van der Waals surface area contributed by atoms with E-state index in [2.05, 4.69) is 27.7 Å². The third kappa shape index (κ3) is 1.21. The molecule has 1 N–H and O–H groups in total. The van der Waals surface area contributed by atoms with Crippen LogP contribution in [0.3, 0.4) is 0 Å². The number of nitrogens with zero attached hydrogens (tertiary/aromatic N) is 2. The summed E-state index contributed by atoms with van der Waals surface area (Å²) >= 11 is 2.22. The zero-order valence-electron chi connectivity index (χ0n) is 6.24. The number of aliphatic hydroxyl groups is 1. The van der Waals surface area contributed by atoms with Gasteiger partial charge in [0, 0.05) is 6.20 Å². The van der Waals surface area contributed by atoms with E-state index in [1.165, 1.54) is 0 Å². The lowest BCUT2D eigenvalue weighted by atomic mass is 10.2. The molecule has 0 aliphatic carbocycles. The van der Waals surface area contributed by atoms with Crippen molar-refractivity contribution in [3.63, 3.8) is 0 Å². The van der Waals surface area contributed by atoms with Crippen LogP contribution in [0, 0.1) is 3.57 Å². The van der Waals surface area contributed by atoms with E-state index in [-0.39, 0.29) is 6.61 Å². The molecule has 2 aromatic heterocycles. The van der Waals surface area contributed by atoms with Crippen molar-refractivity contribution in [1.82, 2.24) is 9.61 Å². The summed E-state index contributed by atoms with van der Waals surface area (Å²) in [5.41, 5.74) is 1.96. The second-order valence-electron chi connectivity index (χ2n) is 2.52. The Morgan fingerprint density at radius 2 is 2.42 bits per heavy atom. The summed E-state index contributed by atoms with van der Waals surface area (Å²) < 4.78 is 2.89. The summed E-state index contributed by atoms with van der Waals surface area (Å²) in [6, 6.07) is 3.80. The highest BCUT2D eigenvalue weighted by atomic mass is 127. The van der Waals surface area contributed by atoms with E-state index in [0.29, 0.717) is 0 Å². The molecular formula is C8H7IN2O. The number of hydrogen-bond acceptors (Lipinski definition) is 2. The van der Waals surface area contributed by atoms with Gasteiger partial charge in [-0.05, 0) is 40.3 Å². The van der Waals surface area contributed by atoms with Crippen molar-refractivity contribution in [3.8, 4) is 0 Å². The van der Waals surface area contributed by atoms with Gasteiger partial charge in [0.2, 0.25) is 0 Å². The Balaban J connectivity index is 2.71. The lowest BCUT2D eigenvalue weighted by Crippen LogP contribution is -1.89. The van der Waals surface area contributed by atoms with Crippen LogP contribution in [0.15, 0.2) is 24.5 Å². The first-order chi connectivity index (χ1) is 5.81. The van der Waals surface area contributed by atoms with E-state index >= 15 is 0 Å². The van der Waals surface area contributed by atoms with Gasteiger partial charge < -0.3 is 5.11 Å². The molecule has 3 nitrogen and oxygen atoms in total. The standard InChI is InChI=1S/C8H7IN2O/c9-7-4-10-11-2-1-6(5-12)3-8(7)11/h1-4,12H,5H2. The summed E-state index contributed by atoms with van der Waals surface area (Å²) in [4.78, 5) is 0. The third-order valence-electron chi connectivity index (χ3n) is 1.72. The minimum Gasteiger partial charge on any atom is -0.392 e. The number of aliphatic hydroxyl groups excluding tert-OH is 1. The summed E-state index contributed by atoms with van der Waals surface area (Å²) in [5, 5.41) is 13.0. The first-order valence-corrected chi connectivity index (χ1v) is 4.62. The van der Waals surface area contributed by atoms with Crippen molar-refractivity contribution >= 4 is 28.1 Å². The molecule has 0 unspecified atom stereocenters. The van der Waals surface area contributed by atoms with Gasteiger partial charge in [-0.2, -0.15) is 5.10 Å². The summed E-state index contributed by atoms with van der Waals surface area (Å²) in [6.45, 7) is 0.0811. The Hall–Kier alpha value is -0.620. The highest BCUT2D eigenvalue weighted by Gasteiger charge is 2.00. The molecule has 2 heterocycles. The Morgan fingerprint density at radius 1 is 1.58 bits per heavy atom. The minimum absolute atomic E-state index is 0.0811. The first-order valence-electron chi connectivity index (χ1n) is 3.54. The van der Waals surface area contributed by atoms with Gasteiger partial charge in [0.15, 0.2) is 0 Å². The van der Waals surface area contributed by atoms with E-state index in [0.717, 1.165) is 14.7 Å². The quantitative estimate of drug-likeness (QED) is 0.799. The molecule has 0 amide bonds. The molecule has 0 aromatic carbocycles. The average Bonchev–Trinajstić information content (AvgIpc) is 2.47. The largest absolute Gasteiger partial charge is 0.392 e. The SMILES string of the molecule is OCc1ccn2ncc(I)c2c1. The van der Waals surface area contributed by atoms with Crippen LogP contribution >= 0.6 is 22.6 Å². The fourth-order valence-corrected chi connectivity index (χ4v) is 1.62. The molecule has 0 saturated carbocycles. The molecule has 0 radical (unpaired) electrons. The fourth-order valence-electron chi connectivity index (χ4n) is 1.09. The smallest absolute Gasteiger partial charge is 0.0798 e. The molecule has 0 aliphatic heterocycles. The van der Waals surface area contributed by atoms with Crippen LogP contribution in [-0.4, -0.2) is 14.7 Å². The van der Waals surface area contributed by atoms with E-state index in [1.807, 2.05) is 18.3 Å². The first kappa shape index (κ1) is 8.00. The Kier molecular flexibility index (Phi) is 2.02. The van der Waals surface area contributed by atoms with Crippen molar-refractivity contribution in [2.75, 3.05) is 0 Å². The molecule has 0 atom stereocenters. The van der Waals surface area contributed by atoms with Crippen molar-refractivity contribution in [1.29, 1.82) is 0 Å². The molecule has 4 heteroatoms. The van der Waals surface area contributed by atoms with Gasteiger partial charge in [-0.3, -0.25) is 0 Å². The summed E-state index contributed by atoms with van der Waals surface area (Å²) in [7, 11) is 0. The maximum absolute atomic E-state index is 8.89. The lowest BCUT2D eigenvalue weighted by Gasteiger charge is -1.96. The molecule has 0 saturated heterocycles. The lowest BCUT2D eigenvalue weighted by molar-refractivity contribution is 0.282. The van der Waals surface area contributed by atoms with Crippen molar-refractivity contribution in [3.05, 3.63) is 33.7 Å². The highest BCUT2D eigenvalue weighted by molar-refractivity contribution is 14.1. The Morgan fingerprint density at radius 3 is 3.17 bits per heavy atom. The van der Waals surface area contributed by atoms with Gasteiger partial charge in [-0.15, -0.1) is 0 Å². The number of fused-ring (bicyclic) bond motifs is 1. The fraction of sp³-hybridized carbons (Fsp3) is 0.125. The highest BCUT2D eigenvalue weighted by Crippen LogP contribution is 2.14. The molecule has 0 spiro atoms. The van der Waals surface area contributed by atoms with Crippen LogP contribution in [0.1, 0.15) is 5.56 Å². The summed E-state index contributed by atoms with van der Waals surface area (Å²) in [5.74, 6) is 0. The molecule has 0 fully saturated rings. The van der Waals surface area contributed by atoms with Crippen molar-refractivity contribution in [2.24, 2.45) is 0 Å². The number of hydrogen-bond donors (Lipinski definition) is 1. The van der Waals surface area contributed by atoms with E-state index in [9.17, 15) is 0 Å². The van der Waals surface area contributed by atoms with Crippen LogP contribution < -0.4 is 0 Å². The maximum Gasteiger partial charge on any atom is 0.0798 e. The zero-order chi connectivity index (χ0) is 8.55. The minimum atomic E-state index is 0.0811.